The standard InChI is InChI=1S/C32H39N3O5S2/c1-20-4-9-29(40-17-25-6-5-22(13-21(25)2)14-34(3)26-10-11-42(38,39)19-26)27(12-20)28-18-41-32(33-28)35-15-23-7-8-24(16-35)30(23)31(36)37/h4-6,9,12-13,18,23-24,26,30H,7-8,10-11,14-17,19H2,1-3H3,(H,36,37)/t23-,24?,26-,30+/m1/s1. The lowest BCUT2D eigenvalue weighted by Crippen LogP contribution is -2.44. The van der Waals surface area contributed by atoms with Crippen molar-refractivity contribution in [1.29, 1.82) is 0 Å². The number of piperidine rings is 1. The first-order valence-corrected chi connectivity index (χ1v) is 17.4. The summed E-state index contributed by atoms with van der Waals surface area (Å²) < 4.78 is 30.2. The van der Waals surface area contributed by atoms with Crippen LogP contribution < -0.4 is 9.64 Å². The molecule has 1 aliphatic carbocycles. The number of ether oxygens (including phenoxy) is 1. The number of sulfone groups is 1. The minimum Gasteiger partial charge on any atom is -0.488 e. The zero-order valence-electron chi connectivity index (χ0n) is 24.5. The van der Waals surface area contributed by atoms with Crippen molar-refractivity contribution in [3.8, 4) is 17.0 Å². The van der Waals surface area contributed by atoms with Crippen molar-refractivity contribution in [3.63, 3.8) is 0 Å². The third kappa shape index (κ3) is 6.07. The number of aromatic nitrogens is 1. The van der Waals surface area contributed by atoms with Crippen molar-refractivity contribution >= 4 is 32.3 Å². The average Bonchev–Trinajstić information content (AvgIpc) is 3.64. The van der Waals surface area contributed by atoms with Gasteiger partial charge in [0, 0.05) is 36.6 Å². The van der Waals surface area contributed by atoms with Gasteiger partial charge < -0.3 is 14.7 Å². The molecule has 1 aromatic heterocycles. The summed E-state index contributed by atoms with van der Waals surface area (Å²) in [6.45, 7) is 6.81. The highest BCUT2D eigenvalue weighted by atomic mass is 32.2. The van der Waals surface area contributed by atoms with E-state index in [0.29, 0.717) is 19.6 Å². The van der Waals surface area contributed by atoms with E-state index in [2.05, 4.69) is 59.4 Å². The molecule has 8 nitrogen and oxygen atoms in total. The largest absolute Gasteiger partial charge is 0.488 e. The Bertz CT molecular complexity index is 1570. The van der Waals surface area contributed by atoms with E-state index in [4.69, 9.17) is 9.72 Å². The lowest BCUT2D eigenvalue weighted by atomic mass is 9.85. The molecule has 2 aromatic carbocycles. The molecule has 3 aromatic rings. The van der Waals surface area contributed by atoms with Gasteiger partial charge in [-0.3, -0.25) is 9.69 Å². The highest BCUT2D eigenvalue weighted by Crippen LogP contribution is 2.44. The molecule has 0 radical (unpaired) electrons. The van der Waals surface area contributed by atoms with E-state index in [-0.39, 0.29) is 35.3 Å². The van der Waals surface area contributed by atoms with Gasteiger partial charge in [0.2, 0.25) is 0 Å². The SMILES string of the molecule is Cc1ccc(OCc2ccc(CN(C)[C@@H]3CCS(=O)(=O)C3)cc2C)c(-c2csc(N3CC4CC[C@H](C3)[C@@H]4C(=O)O)n2)c1. The number of rotatable bonds is 9. The second kappa shape index (κ2) is 11.6. The number of hydrogen-bond acceptors (Lipinski definition) is 8. The Morgan fingerprint density at radius 1 is 1.12 bits per heavy atom. The van der Waals surface area contributed by atoms with Gasteiger partial charge in [0.15, 0.2) is 15.0 Å². The Kier molecular flexibility index (Phi) is 8.06. The van der Waals surface area contributed by atoms with Crippen LogP contribution in [0, 0.1) is 31.6 Å². The third-order valence-electron chi connectivity index (χ3n) is 9.35. The van der Waals surface area contributed by atoms with Crippen molar-refractivity contribution < 1.29 is 23.1 Å². The van der Waals surface area contributed by atoms with Gasteiger partial charge in [-0.15, -0.1) is 11.3 Å². The lowest BCUT2D eigenvalue weighted by molar-refractivity contribution is -0.144. The number of carbonyl (C=O) groups is 1. The topological polar surface area (TPSA) is 100 Å². The molecule has 6 rings (SSSR count). The number of anilines is 1. The summed E-state index contributed by atoms with van der Waals surface area (Å²) in [5.74, 6) is 0.836. The monoisotopic (exact) mass is 609 g/mol. The molecule has 1 saturated carbocycles. The lowest BCUT2D eigenvalue weighted by Gasteiger charge is -2.35. The summed E-state index contributed by atoms with van der Waals surface area (Å²) in [6, 6.07) is 12.6. The number of aryl methyl sites for hydroxylation is 2. The van der Waals surface area contributed by atoms with Crippen LogP contribution in [0.3, 0.4) is 0 Å². The van der Waals surface area contributed by atoms with Gasteiger partial charge in [-0.25, -0.2) is 13.4 Å². The Morgan fingerprint density at radius 2 is 1.88 bits per heavy atom. The van der Waals surface area contributed by atoms with Gasteiger partial charge in [-0.1, -0.05) is 29.8 Å². The molecule has 0 spiro atoms. The van der Waals surface area contributed by atoms with E-state index in [1.807, 2.05) is 13.1 Å². The number of thiazole rings is 1. The average molecular weight is 610 g/mol. The molecule has 224 valence electrons. The fraction of sp³-hybridized carbons (Fsp3) is 0.500. The number of benzene rings is 2. The first-order valence-electron chi connectivity index (χ1n) is 14.7. The van der Waals surface area contributed by atoms with Crippen molar-refractivity contribution in [1.82, 2.24) is 9.88 Å². The highest BCUT2D eigenvalue weighted by Gasteiger charge is 2.46. The van der Waals surface area contributed by atoms with Crippen molar-refractivity contribution in [2.75, 3.05) is 36.5 Å². The predicted molar refractivity (Wildman–Crippen MR) is 166 cm³/mol. The van der Waals surface area contributed by atoms with Gasteiger partial charge in [0.25, 0.3) is 0 Å². The summed E-state index contributed by atoms with van der Waals surface area (Å²) >= 11 is 1.61. The fourth-order valence-electron chi connectivity index (χ4n) is 7.00. The second-order valence-electron chi connectivity index (χ2n) is 12.4. The zero-order chi connectivity index (χ0) is 29.6. The maximum Gasteiger partial charge on any atom is 0.307 e. The molecular formula is C32H39N3O5S2. The molecule has 4 atom stereocenters. The van der Waals surface area contributed by atoms with Crippen LogP contribution in [0.2, 0.25) is 0 Å². The number of fused-ring (bicyclic) bond motifs is 2. The summed E-state index contributed by atoms with van der Waals surface area (Å²) in [7, 11) is -0.900. The van der Waals surface area contributed by atoms with Gasteiger partial charge in [-0.05, 0) is 80.8 Å². The molecule has 2 saturated heterocycles. The van der Waals surface area contributed by atoms with E-state index < -0.39 is 15.8 Å². The molecule has 2 aliphatic heterocycles. The van der Waals surface area contributed by atoms with Crippen LogP contribution in [-0.4, -0.2) is 67.1 Å². The first kappa shape index (κ1) is 29.1. The molecule has 10 heteroatoms. The van der Waals surface area contributed by atoms with Gasteiger partial charge in [0.05, 0.1) is 23.1 Å². The maximum atomic E-state index is 11.9. The fourth-order valence-corrected chi connectivity index (χ4v) is 9.65. The number of hydrogen-bond donors (Lipinski definition) is 1. The molecule has 2 bridgehead atoms. The molecule has 42 heavy (non-hydrogen) atoms. The van der Waals surface area contributed by atoms with Crippen LogP contribution in [0.25, 0.3) is 11.3 Å². The van der Waals surface area contributed by atoms with Gasteiger partial charge in [0.1, 0.15) is 12.4 Å². The maximum absolute atomic E-state index is 11.9. The van der Waals surface area contributed by atoms with Gasteiger partial charge >= 0.3 is 5.97 Å². The number of aliphatic carboxylic acids is 1. The van der Waals surface area contributed by atoms with Crippen molar-refractivity contribution in [2.45, 2.75) is 52.3 Å². The Hall–Kier alpha value is -2.95. The van der Waals surface area contributed by atoms with Crippen LogP contribution in [0.1, 0.15) is 41.5 Å². The van der Waals surface area contributed by atoms with Crippen LogP contribution in [0.5, 0.6) is 5.75 Å². The molecule has 1 unspecified atom stereocenters. The van der Waals surface area contributed by atoms with Gasteiger partial charge in [-0.2, -0.15) is 0 Å². The molecular weight excluding hydrogens is 571 g/mol. The second-order valence-corrected chi connectivity index (χ2v) is 15.5. The summed E-state index contributed by atoms with van der Waals surface area (Å²) in [5, 5.41) is 12.7. The first-order chi connectivity index (χ1) is 20.1. The predicted octanol–water partition coefficient (Wildman–Crippen LogP) is 5.17. The Balaban J connectivity index is 1.13. The van der Waals surface area contributed by atoms with E-state index in [9.17, 15) is 18.3 Å². The molecule has 1 N–H and O–H groups in total. The number of carboxylic acid groups (broad SMARTS) is 1. The smallest absolute Gasteiger partial charge is 0.307 e. The Labute approximate surface area is 252 Å². The minimum absolute atomic E-state index is 0.0798. The van der Waals surface area contributed by atoms with Crippen LogP contribution in [0.15, 0.2) is 41.8 Å². The summed E-state index contributed by atoms with van der Waals surface area (Å²) in [6.07, 6.45) is 2.66. The molecule has 3 aliphatic rings. The van der Waals surface area contributed by atoms with Crippen LogP contribution >= 0.6 is 11.3 Å². The highest BCUT2D eigenvalue weighted by molar-refractivity contribution is 7.91. The quantitative estimate of drug-likeness (QED) is 0.355. The van der Waals surface area contributed by atoms with E-state index in [0.717, 1.165) is 70.3 Å². The minimum atomic E-state index is -2.90. The van der Waals surface area contributed by atoms with Crippen molar-refractivity contribution in [2.24, 2.45) is 17.8 Å². The van der Waals surface area contributed by atoms with E-state index in [1.165, 1.54) is 0 Å². The summed E-state index contributed by atoms with van der Waals surface area (Å²) in [5.41, 5.74) is 6.38. The number of carboxylic acids is 1. The third-order valence-corrected chi connectivity index (χ3v) is 12.0. The molecule has 3 fully saturated rings. The van der Waals surface area contributed by atoms with E-state index in [1.54, 1.807) is 11.3 Å². The number of nitrogens with zero attached hydrogens (tertiary/aromatic N) is 3. The van der Waals surface area contributed by atoms with Crippen molar-refractivity contribution in [3.05, 3.63) is 64.0 Å². The van der Waals surface area contributed by atoms with Crippen LogP contribution in [-0.2, 0) is 27.8 Å². The Morgan fingerprint density at radius 3 is 2.55 bits per heavy atom. The summed E-state index contributed by atoms with van der Waals surface area (Å²) in [4.78, 5) is 21.2. The normalized spacial score (nSPS) is 24.8. The molecule has 0 amide bonds. The molecule has 3 heterocycles. The van der Waals surface area contributed by atoms with E-state index >= 15 is 0 Å². The zero-order valence-corrected chi connectivity index (χ0v) is 26.1. The van der Waals surface area contributed by atoms with Crippen LogP contribution in [0.4, 0.5) is 5.13 Å².